The quantitative estimate of drug-likeness (QED) is 0.374. The van der Waals surface area contributed by atoms with Crippen molar-refractivity contribution in [1.29, 1.82) is 15.8 Å². The van der Waals surface area contributed by atoms with Crippen LogP contribution in [0.5, 0.6) is 0 Å². The van der Waals surface area contributed by atoms with Crippen LogP contribution in [0.4, 0.5) is 5.69 Å². The Morgan fingerprint density at radius 1 is 1.08 bits per heavy atom. The number of nitrogens with zero attached hydrogens (tertiary/aromatic N) is 10. The van der Waals surface area contributed by atoms with Gasteiger partial charge in [0.15, 0.2) is 0 Å². The van der Waals surface area contributed by atoms with Crippen LogP contribution in [0.15, 0.2) is 41.6 Å². The molecule has 1 fully saturated rings. The van der Waals surface area contributed by atoms with E-state index in [9.17, 15) is 20.6 Å². The monoisotopic (exact) mass is 520 g/mol. The third-order valence-electron chi connectivity index (χ3n) is 7.64. The maximum absolute atomic E-state index is 13.4. The van der Waals surface area contributed by atoms with E-state index in [0.29, 0.717) is 29.8 Å². The zero-order valence-corrected chi connectivity index (χ0v) is 22.1. The normalized spacial score (nSPS) is 18.5. The van der Waals surface area contributed by atoms with E-state index in [1.807, 2.05) is 12.1 Å². The highest BCUT2D eigenvalue weighted by Gasteiger charge is 2.37. The minimum atomic E-state index is -0.522. The van der Waals surface area contributed by atoms with Gasteiger partial charge in [-0.05, 0) is 38.0 Å². The molecule has 11 heteroatoms. The highest BCUT2D eigenvalue weighted by Crippen LogP contribution is 2.35. The molecule has 1 aromatic carbocycles. The lowest BCUT2D eigenvalue weighted by Crippen LogP contribution is -2.58. The number of rotatable bonds is 6. The van der Waals surface area contributed by atoms with Crippen LogP contribution in [0.1, 0.15) is 44.4 Å². The van der Waals surface area contributed by atoms with Crippen LogP contribution in [0.2, 0.25) is 0 Å². The molecular formula is C28H28N10O. The Hall–Kier alpha value is -4.79. The minimum Gasteiger partial charge on any atom is -0.363 e. The van der Waals surface area contributed by atoms with Gasteiger partial charge in [0, 0.05) is 43.6 Å². The average Bonchev–Trinajstić information content (AvgIpc) is 3.37. The van der Waals surface area contributed by atoms with E-state index >= 15 is 0 Å². The summed E-state index contributed by atoms with van der Waals surface area (Å²) in [5.41, 5.74) is 3.68. The smallest absolute Gasteiger partial charge is 0.272 e. The summed E-state index contributed by atoms with van der Waals surface area (Å²) in [6.07, 6.45) is 5.85. The van der Waals surface area contributed by atoms with Gasteiger partial charge in [-0.1, -0.05) is 13.0 Å². The summed E-state index contributed by atoms with van der Waals surface area (Å²) in [6.45, 7) is 7.47. The van der Waals surface area contributed by atoms with Crippen molar-refractivity contribution in [3.05, 3.63) is 58.3 Å². The Balaban J connectivity index is 1.56. The number of aromatic nitrogens is 5. The van der Waals surface area contributed by atoms with Gasteiger partial charge in [0.05, 0.1) is 40.6 Å². The van der Waals surface area contributed by atoms with E-state index in [1.165, 1.54) is 9.25 Å². The molecule has 0 N–H and O–H groups in total. The predicted molar refractivity (Wildman–Crippen MR) is 145 cm³/mol. The van der Waals surface area contributed by atoms with Crippen LogP contribution >= 0.6 is 0 Å². The third-order valence-corrected chi connectivity index (χ3v) is 7.64. The Morgan fingerprint density at radius 2 is 1.82 bits per heavy atom. The van der Waals surface area contributed by atoms with Crippen molar-refractivity contribution in [2.45, 2.75) is 58.4 Å². The van der Waals surface area contributed by atoms with Gasteiger partial charge in [0.25, 0.3) is 5.56 Å². The highest BCUT2D eigenvalue weighted by molar-refractivity contribution is 5.92. The van der Waals surface area contributed by atoms with Gasteiger partial charge < -0.3 is 4.90 Å². The summed E-state index contributed by atoms with van der Waals surface area (Å²) in [4.78, 5) is 26.8. The first-order valence-corrected chi connectivity index (χ1v) is 12.9. The molecule has 4 aromatic rings. The van der Waals surface area contributed by atoms with Gasteiger partial charge in [0.1, 0.15) is 30.2 Å². The highest BCUT2D eigenvalue weighted by atomic mass is 16.1. The maximum Gasteiger partial charge on any atom is 0.272 e. The topological polar surface area (TPSA) is 143 Å². The largest absolute Gasteiger partial charge is 0.363 e. The number of anilines is 1. The molecule has 0 saturated carbocycles. The van der Waals surface area contributed by atoms with Crippen LogP contribution in [0.25, 0.3) is 22.1 Å². The molecule has 0 spiro atoms. The van der Waals surface area contributed by atoms with E-state index in [0.717, 1.165) is 23.0 Å². The first-order chi connectivity index (χ1) is 18.9. The number of pyridine rings is 1. The molecular weight excluding hydrogens is 492 g/mol. The van der Waals surface area contributed by atoms with Crippen molar-refractivity contribution in [2.75, 3.05) is 18.0 Å². The number of benzene rings is 1. The molecule has 3 atom stereocenters. The zero-order chi connectivity index (χ0) is 27.7. The summed E-state index contributed by atoms with van der Waals surface area (Å²) < 4.78 is 2.72. The standard InChI is InChI=1S/C28H28N10O/c1-4-21-16-37(18(2)15-38(21)19(3)20-5-6-23-24(13-20)33-10-9-32-23)27-22(14-31)28(39)36(12-8-30)25-17-35(11-7-29)34-26(25)27/h5-6,9-10,13,17-19,21H,4,11-12,15-16H2,1-3H3/t18-,19?,21+/m0/s1. The molecule has 1 aliphatic rings. The van der Waals surface area contributed by atoms with E-state index < -0.39 is 5.56 Å². The summed E-state index contributed by atoms with van der Waals surface area (Å²) in [6, 6.07) is 12.6. The van der Waals surface area contributed by atoms with Crippen molar-refractivity contribution < 1.29 is 0 Å². The lowest BCUT2D eigenvalue weighted by atomic mass is 9.97. The average molecular weight is 521 g/mol. The molecule has 0 radical (unpaired) electrons. The molecule has 3 aromatic heterocycles. The lowest BCUT2D eigenvalue weighted by Gasteiger charge is -2.48. The molecule has 0 bridgehead atoms. The molecule has 196 valence electrons. The minimum absolute atomic E-state index is 0.00861. The number of nitriles is 3. The van der Waals surface area contributed by atoms with Crippen molar-refractivity contribution >= 4 is 27.8 Å². The molecule has 1 unspecified atom stereocenters. The van der Waals surface area contributed by atoms with Crippen molar-refractivity contribution in [3.8, 4) is 18.2 Å². The fourth-order valence-electron chi connectivity index (χ4n) is 5.65. The SMILES string of the molecule is CC[C@@H]1CN(c2c(C#N)c(=O)n(CC#N)c3cn(CC#N)nc23)[C@@H](C)CN1C(C)c1ccc2nccnc2c1. The fraction of sp³-hybridized carbons (Fsp3) is 0.393. The van der Waals surface area contributed by atoms with E-state index in [4.69, 9.17) is 0 Å². The van der Waals surface area contributed by atoms with Crippen LogP contribution in [0.3, 0.4) is 0 Å². The summed E-state index contributed by atoms with van der Waals surface area (Å²) in [5.74, 6) is 0. The van der Waals surface area contributed by atoms with E-state index in [2.05, 4.69) is 69.9 Å². The molecule has 39 heavy (non-hydrogen) atoms. The Kier molecular flexibility index (Phi) is 6.98. The van der Waals surface area contributed by atoms with Gasteiger partial charge in [-0.25, -0.2) is 0 Å². The molecule has 5 rings (SSSR count). The van der Waals surface area contributed by atoms with Crippen molar-refractivity contribution in [2.24, 2.45) is 0 Å². The molecule has 4 heterocycles. The molecule has 11 nitrogen and oxygen atoms in total. The van der Waals surface area contributed by atoms with E-state index in [-0.39, 0.29) is 36.8 Å². The number of fused-ring (bicyclic) bond motifs is 2. The summed E-state index contributed by atoms with van der Waals surface area (Å²) in [5, 5.41) is 33.3. The Morgan fingerprint density at radius 3 is 2.51 bits per heavy atom. The van der Waals surface area contributed by atoms with Crippen LogP contribution in [-0.2, 0) is 13.1 Å². The summed E-state index contributed by atoms with van der Waals surface area (Å²) in [7, 11) is 0. The third kappa shape index (κ3) is 4.46. The first-order valence-electron chi connectivity index (χ1n) is 12.9. The second-order valence-electron chi connectivity index (χ2n) is 9.84. The van der Waals surface area contributed by atoms with Crippen LogP contribution in [0, 0.1) is 34.0 Å². The van der Waals surface area contributed by atoms with Gasteiger partial charge in [-0.15, -0.1) is 0 Å². The first kappa shape index (κ1) is 25.8. The second-order valence-corrected chi connectivity index (χ2v) is 9.84. The number of hydrogen-bond donors (Lipinski definition) is 0. The van der Waals surface area contributed by atoms with Gasteiger partial charge in [-0.2, -0.15) is 20.9 Å². The Bertz CT molecular complexity index is 1730. The summed E-state index contributed by atoms with van der Waals surface area (Å²) >= 11 is 0. The zero-order valence-electron chi connectivity index (χ0n) is 22.1. The second kappa shape index (κ2) is 10.5. The lowest BCUT2D eigenvalue weighted by molar-refractivity contribution is 0.106. The van der Waals surface area contributed by atoms with Crippen LogP contribution in [-0.4, -0.2) is 54.4 Å². The van der Waals surface area contributed by atoms with E-state index in [1.54, 1.807) is 18.6 Å². The molecule has 0 amide bonds. The van der Waals surface area contributed by atoms with Gasteiger partial charge in [-0.3, -0.25) is 28.9 Å². The molecule has 0 aliphatic carbocycles. The fourth-order valence-corrected chi connectivity index (χ4v) is 5.65. The maximum atomic E-state index is 13.4. The Labute approximate surface area is 225 Å². The van der Waals surface area contributed by atoms with Crippen molar-refractivity contribution in [1.82, 2.24) is 29.2 Å². The molecule has 1 saturated heterocycles. The van der Waals surface area contributed by atoms with Crippen molar-refractivity contribution in [3.63, 3.8) is 0 Å². The van der Waals surface area contributed by atoms with Gasteiger partial charge >= 0.3 is 0 Å². The predicted octanol–water partition coefficient (Wildman–Crippen LogP) is 3.11. The van der Waals surface area contributed by atoms with Gasteiger partial charge in [0.2, 0.25) is 0 Å². The number of piperazine rings is 1. The number of hydrogen-bond acceptors (Lipinski definition) is 9. The molecule has 1 aliphatic heterocycles. The van der Waals surface area contributed by atoms with Crippen LogP contribution < -0.4 is 10.5 Å².